The van der Waals surface area contributed by atoms with E-state index < -0.39 is 0 Å². The van der Waals surface area contributed by atoms with Gasteiger partial charge in [-0.15, -0.1) is 0 Å². The number of hydrogen-bond acceptors (Lipinski definition) is 1. The Morgan fingerprint density at radius 1 is 0.895 bits per heavy atom. The lowest BCUT2D eigenvalue weighted by Crippen LogP contribution is -2.17. The van der Waals surface area contributed by atoms with Gasteiger partial charge in [-0.25, -0.2) is 0 Å². The maximum absolute atomic E-state index is 2.35. The van der Waals surface area contributed by atoms with Crippen molar-refractivity contribution in [3.63, 3.8) is 0 Å². The molecular weight excluding hydrogens is 230 g/mol. The van der Waals surface area contributed by atoms with Crippen molar-refractivity contribution in [1.29, 1.82) is 0 Å². The summed E-state index contributed by atoms with van der Waals surface area (Å²) in [7, 11) is 4.37. The number of nitrogens with zero attached hydrogens (tertiary/aromatic N) is 1. The van der Waals surface area contributed by atoms with Crippen molar-refractivity contribution in [2.45, 2.75) is 24.8 Å². The van der Waals surface area contributed by atoms with Crippen molar-refractivity contribution < 1.29 is 0 Å². The van der Waals surface area contributed by atoms with Gasteiger partial charge in [0.1, 0.15) is 0 Å². The highest BCUT2D eigenvalue weighted by Crippen LogP contribution is 2.43. The molecule has 0 heterocycles. The Kier molecular flexibility index (Phi) is 3.39. The molecule has 0 saturated carbocycles. The molecule has 0 spiro atoms. The molecule has 1 heteroatoms. The SMILES string of the molecule is CN(C)[C@@H]1C[C@@H](Cc2ccccc2)c2ccccc21. The highest BCUT2D eigenvalue weighted by Gasteiger charge is 2.31. The van der Waals surface area contributed by atoms with Crippen LogP contribution in [0.2, 0.25) is 0 Å². The average molecular weight is 251 g/mol. The molecule has 2 atom stereocenters. The van der Waals surface area contributed by atoms with Crippen LogP contribution in [-0.4, -0.2) is 19.0 Å². The van der Waals surface area contributed by atoms with E-state index in [0.29, 0.717) is 12.0 Å². The molecule has 2 aromatic rings. The van der Waals surface area contributed by atoms with Crippen LogP contribution in [-0.2, 0) is 6.42 Å². The average Bonchev–Trinajstić information content (AvgIpc) is 2.79. The van der Waals surface area contributed by atoms with Crippen LogP contribution >= 0.6 is 0 Å². The van der Waals surface area contributed by atoms with Crippen LogP contribution < -0.4 is 0 Å². The summed E-state index contributed by atoms with van der Waals surface area (Å²) >= 11 is 0. The Labute approximate surface area is 115 Å². The van der Waals surface area contributed by atoms with Gasteiger partial charge in [-0.1, -0.05) is 54.6 Å². The second-order valence-corrected chi connectivity index (χ2v) is 5.73. The van der Waals surface area contributed by atoms with Gasteiger partial charge in [0.25, 0.3) is 0 Å². The fraction of sp³-hybridized carbons (Fsp3) is 0.333. The normalized spacial score (nSPS) is 21.6. The van der Waals surface area contributed by atoms with Crippen LogP contribution in [0.3, 0.4) is 0 Å². The Bertz CT molecular complexity index is 545. The van der Waals surface area contributed by atoms with E-state index in [4.69, 9.17) is 0 Å². The highest BCUT2D eigenvalue weighted by molar-refractivity contribution is 5.39. The van der Waals surface area contributed by atoms with E-state index in [0.717, 1.165) is 6.42 Å². The summed E-state index contributed by atoms with van der Waals surface area (Å²) in [6, 6.07) is 20.4. The first kappa shape index (κ1) is 12.4. The predicted molar refractivity (Wildman–Crippen MR) is 80.4 cm³/mol. The van der Waals surface area contributed by atoms with Gasteiger partial charge < -0.3 is 4.90 Å². The van der Waals surface area contributed by atoms with Crippen molar-refractivity contribution in [3.8, 4) is 0 Å². The molecule has 0 radical (unpaired) electrons. The van der Waals surface area contributed by atoms with Gasteiger partial charge in [-0.3, -0.25) is 0 Å². The summed E-state index contributed by atoms with van der Waals surface area (Å²) in [4.78, 5) is 2.35. The Morgan fingerprint density at radius 3 is 2.21 bits per heavy atom. The third-order valence-electron chi connectivity index (χ3n) is 4.25. The lowest BCUT2D eigenvalue weighted by molar-refractivity contribution is 0.288. The molecule has 3 rings (SSSR count). The minimum Gasteiger partial charge on any atom is -0.302 e. The van der Waals surface area contributed by atoms with Gasteiger partial charge >= 0.3 is 0 Å². The molecule has 0 unspecified atom stereocenters. The van der Waals surface area contributed by atoms with Crippen molar-refractivity contribution in [3.05, 3.63) is 71.3 Å². The first-order chi connectivity index (χ1) is 9.25. The van der Waals surface area contributed by atoms with Crippen molar-refractivity contribution in [2.75, 3.05) is 14.1 Å². The van der Waals surface area contributed by atoms with E-state index in [1.807, 2.05) is 0 Å². The van der Waals surface area contributed by atoms with Crippen molar-refractivity contribution in [2.24, 2.45) is 0 Å². The van der Waals surface area contributed by atoms with E-state index in [2.05, 4.69) is 73.6 Å². The van der Waals surface area contributed by atoms with Gasteiger partial charge in [-0.05, 0) is 49.5 Å². The lowest BCUT2D eigenvalue weighted by Gasteiger charge is -2.20. The fourth-order valence-electron chi connectivity index (χ4n) is 3.29. The number of hydrogen-bond donors (Lipinski definition) is 0. The van der Waals surface area contributed by atoms with Crippen LogP contribution in [0.15, 0.2) is 54.6 Å². The van der Waals surface area contributed by atoms with Crippen LogP contribution in [0.25, 0.3) is 0 Å². The van der Waals surface area contributed by atoms with Crippen molar-refractivity contribution in [1.82, 2.24) is 4.90 Å². The first-order valence-corrected chi connectivity index (χ1v) is 7.05. The summed E-state index contributed by atoms with van der Waals surface area (Å²) in [5.41, 5.74) is 4.51. The maximum atomic E-state index is 2.35. The molecule has 2 aromatic carbocycles. The molecule has 1 nitrogen and oxygen atoms in total. The maximum Gasteiger partial charge on any atom is 0.0350 e. The fourth-order valence-corrected chi connectivity index (χ4v) is 3.29. The minimum atomic E-state index is 0.574. The topological polar surface area (TPSA) is 3.24 Å². The van der Waals surface area contributed by atoms with Crippen LogP contribution in [0.1, 0.15) is 35.1 Å². The van der Waals surface area contributed by atoms with E-state index in [-0.39, 0.29) is 0 Å². The zero-order chi connectivity index (χ0) is 13.2. The molecule has 1 aliphatic rings. The second-order valence-electron chi connectivity index (χ2n) is 5.73. The summed E-state index contributed by atoms with van der Waals surface area (Å²) in [6.45, 7) is 0. The summed E-state index contributed by atoms with van der Waals surface area (Å²) < 4.78 is 0. The molecule has 0 amide bonds. The number of fused-ring (bicyclic) bond motifs is 1. The number of rotatable bonds is 3. The highest BCUT2D eigenvalue weighted by atomic mass is 15.1. The van der Waals surface area contributed by atoms with Gasteiger partial charge in [0.2, 0.25) is 0 Å². The number of benzene rings is 2. The van der Waals surface area contributed by atoms with Gasteiger partial charge in [-0.2, -0.15) is 0 Å². The molecular formula is C18H21N. The molecule has 0 saturated heterocycles. The molecule has 19 heavy (non-hydrogen) atoms. The molecule has 0 aliphatic heterocycles. The smallest absolute Gasteiger partial charge is 0.0350 e. The molecule has 0 N–H and O–H groups in total. The Balaban J connectivity index is 1.88. The zero-order valence-corrected chi connectivity index (χ0v) is 11.7. The Morgan fingerprint density at radius 2 is 1.53 bits per heavy atom. The van der Waals surface area contributed by atoms with Gasteiger partial charge in [0.05, 0.1) is 0 Å². The zero-order valence-electron chi connectivity index (χ0n) is 11.7. The molecule has 98 valence electrons. The largest absolute Gasteiger partial charge is 0.302 e. The first-order valence-electron chi connectivity index (χ1n) is 7.05. The second kappa shape index (κ2) is 5.18. The molecule has 0 bridgehead atoms. The van der Waals surface area contributed by atoms with E-state index in [1.165, 1.54) is 17.5 Å². The predicted octanol–water partition coefficient (Wildman–Crippen LogP) is 4.02. The third-order valence-corrected chi connectivity index (χ3v) is 4.25. The van der Waals surface area contributed by atoms with E-state index >= 15 is 0 Å². The minimum absolute atomic E-state index is 0.574. The van der Waals surface area contributed by atoms with Crippen LogP contribution in [0, 0.1) is 0 Å². The lowest BCUT2D eigenvalue weighted by atomic mass is 9.94. The van der Waals surface area contributed by atoms with E-state index in [1.54, 1.807) is 5.56 Å². The summed E-state index contributed by atoms with van der Waals surface area (Å²) in [5, 5.41) is 0. The third kappa shape index (κ3) is 2.43. The summed E-state index contributed by atoms with van der Waals surface area (Å²) in [5.74, 6) is 0.658. The van der Waals surface area contributed by atoms with E-state index in [9.17, 15) is 0 Å². The molecule has 0 fully saturated rings. The Hall–Kier alpha value is -1.60. The molecule has 1 aliphatic carbocycles. The van der Waals surface area contributed by atoms with Crippen LogP contribution in [0.4, 0.5) is 0 Å². The quantitative estimate of drug-likeness (QED) is 0.796. The standard InChI is InChI=1S/C18H21N/c1-19(2)18-13-15(12-14-8-4-3-5-9-14)16-10-6-7-11-17(16)18/h3-11,15,18H,12-13H2,1-2H3/t15-,18-/m1/s1. The van der Waals surface area contributed by atoms with Crippen molar-refractivity contribution >= 4 is 0 Å². The summed E-state index contributed by atoms with van der Waals surface area (Å²) in [6.07, 6.45) is 2.39. The molecule has 0 aromatic heterocycles. The monoisotopic (exact) mass is 251 g/mol. The van der Waals surface area contributed by atoms with Gasteiger partial charge in [0.15, 0.2) is 0 Å². The van der Waals surface area contributed by atoms with Crippen LogP contribution in [0.5, 0.6) is 0 Å². The van der Waals surface area contributed by atoms with Gasteiger partial charge in [0, 0.05) is 6.04 Å².